The maximum Gasteiger partial charge on any atom is 0.239 e. The zero-order valence-corrected chi connectivity index (χ0v) is 14.3. The van der Waals surface area contributed by atoms with Gasteiger partial charge < -0.3 is 10.1 Å². The van der Waals surface area contributed by atoms with Crippen LogP contribution < -0.4 is 10.0 Å². The van der Waals surface area contributed by atoms with Crippen molar-refractivity contribution in [1.29, 1.82) is 0 Å². The Morgan fingerprint density at radius 1 is 1.38 bits per heavy atom. The maximum atomic E-state index is 11.7. The van der Waals surface area contributed by atoms with Gasteiger partial charge in [0.25, 0.3) is 0 Å². The standard InChI is InChI=1S/C13H19BrN2O4S/c1-10(2)20-6-7-21(18,19)15-9-13(17)16-12-5-3-4-11(14)8-12/h3-5,8,10,15H,6-7,9H2,1-2H3,(H,16,17). The van der Waals surface area contributed by atoms with Crippen molar-refractivity contribution >= 4 is 37.5 Å². The number of nitrogens with one attached hydrogen (secondary N) is 2. The molecule has 1 aromatic rings. The Morgan fingerprint density at radius 2 is 2.10 bits per heavy atom. The molecular weight excluding hydrogens is 360 g/mol. The third-order valence-electron chi connectivity index (χ3n) is 2.36. The topological polar surface area (TPSA) is 84.5 Å². The van der Waals surface area contributed by atoms with E-state index < -0.39 is 15.9 Å². The average Bonchev–Trinajstić information content (AvgIpc) is 2.36. The summed E-state index contributed by atoms with van der Waals surface area (Å²) in [4.78, 5) is 11.7. The first-order valence-corrected chi connectivity index (χ1v) is 8.87. The molecule has 0 saturated heterocycles. The number of hydrogen-bond donors (Lipinski definition) is 2. The summed E-state index contributed by atoms with van der Waals surface area (Å²) in [6.07, 6.45) is -0.0278. The molecule has 1 amide bonds. The summed E-state index contributed by atoms with van der Waals surface area (Å²) < 4.78 is 31.5. The van der Waals surface area contributed by atoms with Gasteiger partial charge in [0, 0.05) is 10.2 Å². The number of hydrogen-bond acceptors (Lipinski definition) is 4. The number of amides is 1. The van der Waals surface area contributed by atoms with Gasteiger partial charge in [-0.05, 0) is 32.0 Å². The number of carbonyl (C=O) groups is 1. The Balaban J connectivity index is 2.38. The number of sulfonamides is 1. The zero-order valence-electron chi connectivity index (χ0n) is 11.9. The van der Waals surface area contributed by atoms with E-state index in [4.69, 9.17) is 4.74 Å². The highest BCUT2D eigenvalue weighted by Crippen LogP contribution is 2.15. The van der Waals surface area contributed by atoms with E-state index in [1.165, 1.54) is 0 Å². The van der Waals surface area contributed by atoms with Crippen LogP contribution in [0.4, 0.5) is 5.69 Å². The second-order valence-corrected chi connectivity index (χ2v) is 7.46. The van der Waals surface area contributed by atoms with Crippen molar-refractivity contribution in [3.63, 3.8) is 0 Å². The van der Waals surface area contributed by atoms with Crippen molar-refractivity contribution in [3.05, 3.63) is 28.7 Å². The van der Waals surface area contributed by atoms with Crippen LogP contribution in [0.3, 0.4) is 0 Å². The van der Waals surface area contributed by atoms with Gasteiger partial charge in [0.15, 0.2) is 0 Å². The molecular formula is C13H19BrN2O4S. The predicted octanol–water partition coefficient (Wildman–Crippen LogP) is 1.73. The highest BCUT2D eigenvalue weighted by atomic mass is 79.9. The van der Waals surface area contributed by atoms with E-state index in [1.54, 1.807) is 18.2 Å². The van der Waals surface area contributed by atoms with Crippen LogP contribution in [0.2, 0.25) is 0 Å². The summed E-state index contributed by atoms with van der Waals surface area (Å²) in [5.74, 6) is -0.600. The van der Waals surface area contributed by atoms with Gasteiger partial charge in [-0.3, -0.25) is 4.79 Å². The van der Waals surface area contributed by atoms with Gasteiger partial charge in [-0.15, -0.1) is 0 Å². The van der Waals surface area contributed by atoms with Crippen LogP contribution in [-0.2, 0) is 19.6 Å². The zero-order chi connectivity index (χ0) is 15.9. The smallest absolute Gasteiger partial charge is 0.239 e. The fourth-order valence-corrected chi connectivity index (χ4v) is 2.62. The predicted molar refractivity (Wildman–Crippen MR) is 85.6 cm³/mol. The molecule has 6 nitrogen and oxygen atoms in total. The largest absolute Gasteiger partial charge is 0.378 e. The van der Waals surface area contributed by atoms with Gasteiger partial charge in [-0.25, -0.2) is 13.1 Å². The Labute approximate surface area is 133 Å². The average molecular weight is 379 g/mol. The molecule has 118 valence electrons. The van der Waals surface area contributed by atoms with Crippen molar-refractivity contribution in [3.8, 4) is 0 Å². The third kappa shape index (κ3) is 8.15. The lowest BCUT2D eigenvalue weighted by Gasteiger charge is -2.10. The van der Waals surface area contributed by atoms with Crippen LogP contribution in [0.5, 0.6) is 0 Å². The number of halogens is 1. The molecule has 0 saturated carbocycles. The van der Waals surface area contributed by atoms with Gasteiger partial charge in [0.1, 0.15) is 0 Å². The molecule has 0 fully saturated rings. The summed E-state index contributed by atoms with van der Waals surface area (Å²) >= 11 is 3.29. The minimum Gasteiger partial charge on any atom is -0.378 e. The molecule has 0 unspecified atom stereocenters. The molecule has 0 bridgehead atoms. The number of anilines is 1. The molecule has 0 aliphatic carbocycles. The molecule has 0 spiro atoms. The number of benzene rings is 1. The summed E-state index contributed by atoms with van der Waals surface area (Å²) in [7, 11) is -3.52. The molecule has 2 N–H and O–H groups in total. The molecule has 1 rings (SSSR count). The normalized spacial score (nSPS) is 11.6. The Morgan fingerprint density at radius 3 is 2.71 bits per heavy atom. The second-order valence-electron chi connectivity index (χ2n) is 4.62. The van der Waals surface area contributed by atoms with Crippen LogP contribution >= 0.6 is 15.9 Å². The number of carbonyl (C=O) groups excluding carboxylic acids is 1. The molecule has 21 heavy (non-hydrogen) atoms. The van der Waals surface area contributed by atoms with E-state index in [9.17, 15) is 13.2 Å². The fourth-order valence-electron chi connectivity index (χ4n) is 1.41. The van der Waals surface area contributed by atoms with E-state index in [-0.39, 0.29) is 25.0 Å². The van der Waals surface area contributed by atoms with Crippen LogP contribution in [0, 0.1) is 0 Å². The van der Waals surface area contributed by atoms with Crippen LogP contribution in [0.1, 0.15) is 13.8 Å². The molecule has 0 radical (unpaired) electrons. The molecule has 0 aliphatic rings. The van der Waals surface area contributed by atoms with Crippen molar-refractivity contribution < 1.29 is 17.9 Å². The summed E-state index contributed by atoms with van der Waals surface area (Å²) in [5, 5.41) is 2.60. The molecule has 0 aromatic heterocycles. The van der Waals surface area contributed by atoms with Crippen LogP contribution in [0.15, 0.2) is 28.7 Å². The Kier molecular flexibility index (Phi) is 7.30. The van der Waals surface area contributed by atoms with Gasteiger partial charge in [-0.2, -0.15) is 0 Å². The minimum atomic E-state index is -3.52. The highest BCUT2D eigenvalue weighted by Gasteiger charge is 2.13. The molecule has 0 atom stereocenters. The van der Waals surface area contributed by atoms with Crippen LogP contribution in [-0.4, -0.2) is 39.3 Å². The van der Waals surface area contributed by atoms with E-state index in [0.29, 0.717) is 5.69 Å². The monoisotopic (exact) mass is 378 g/mol. The first-order chi connectivity index (χ1) is 9.78. The Bertz CT molecular complexity index is 575. The fraction of sp³-hybridized carbons (Fsp3) is 0.462. The lowest BCUT2D eigenvalue weighted by atomic mass is 10.3. The van der Waals surface area contributed by atoms with Gasteiger partial charge in [-0.1, -0.05) is 22.0 Å². The molecule has 0 heterocycles. The van der Waals surface area contributed by atoms with Crippen molar-refractivity contribution in [2.24, 2.45) is 0 Å². The lowest BCUT2D eigenvalue weighted by molar-refractivity contribution is -0.115. The van der Waals surface area contributed by atoms with E-state index in [2.05, 4.69) is 26.0 Å². The van der Waals surface area contributed by atoms with Gasteiger partial charge in [0.05, 0.1) is 25.0 Å². The first-order valence-electron chi connectivity index (χ1n) is 6.43. The SMILES string of the molecule is CC(C)OCCS(=O)(=O)NCC(=O)Nc1cccc(Br)c1. The summed E-state index contributed by atoms with van der Waals surface area (Å²) in [5.41, 5.74) is 0.594. The minimum absolute atomic E-state index is 0.0278. The summed E-state index contributed by atoms with van der Waals surface area (Å²) in [6, 6.07) is 7.04. The maximum absolute atomic E-state index is 11.7. The van der Waals surface area contributed by atoms with Crippen molar-refractivity contribution in [1.82, 2.24) is 4.72 Å². The van der Waals surface area contributed by atoms with Gasteiger partial charge in [0.2, 0.25) is 15.9 Å². The highest BCUT2D eigenvalue weighted by molar-refractivity contribution is 9.10. The lowest BCUT2D eigenvalue weighted by Crippen LogP contribution is -2.35. The van der Waals surface area contributed by atoms with E-state index in [0.717, 1.165) is 4.47 Å². The quantitative estimate of drug-likeness (QED) is 0.721. The summed E-state index contributed by atoms with van der Waals surface area (Å²) in [6.45, 7) is 3.44. The van der Waals surface area contributed by atoms with E-state index in [1.807, 2.05) is 19.9 Å². The van der Waals surface area contributed by atoms with Crippen molar-refractivity contribution in [2.45, 2.75) is 20.0 Å². The van der Waals surface area contributed by atoms with Crippen molar-refractivity contribution in [2.75, 3.05) is 24.2 Å². The molecule has 1 aromatic carbocycles. The number of rotatable bonds is 8. The third-order valence-corrected chi connectivity index (χ3v) is 4.15. The molecule has 0 aliphatic heterocycles. The molecule has 8 heteroatoms. The first kappa shape index (κ1) is 18.1. The number of ether oxygens (including phenoxy) is 1. The van der Waals surface area contributed by atoms with E-state index >= 15 is 0 Å². The van der Waals surface area contributed by atoms with Crippen LogP contribution in [0.25, 0.3) is 0 Å². The van der Waals surface area contributed by atoms with Gasteiger partial charge >= 0.3 is 0 Å². The Hall–Kier alpha value is -0.960. The second kappa shape index (κ2) is 8.47.